The van der Waals surface area contributed by atoms with Crippen LogP contribution in [0.25, 0.3) is 5.69 Å². The second-order valence-electron chi connectivity index (χ2n) is 6.14. The fourth-order valence-corrected chi connectivity index (χ4v) is 2.55. The molecule has 0 aliphatic heterocycles. The third-order valence-corrected chi connectivity index (χ3v) is 4.02. The lowest BCUT2D eigenvalue weighted by Crippen LogP contribution is -2.38. The number of benzene rings is 2. The van der Waals surface area contributed by atoms with Crippen LogP contribution in [0.3, 0.4) is 0 Å². The lowest BCUT2D eigenvalue weighted by molar-refractivity contribution is 0.322. The normalized spacial score (nSPS) is 10.9. The van der Waals surface area contributed by atoms with Gasteiger partial charge in [0.25, 0.3) is 0 Å². The van der Waals surface area contributed by atoms with Gasteiger partial charge in [-0.25, -0.2) is 4.68 Å². The Morgan fingerprint density at radius 3 is 2.54 bits per heavy atom. The number of hydrogen-bond donors (Lipinski definition) is 2. The molecule has 0 saturated heterocycles. The zero-order chi connectivity index (χ0) is 18.9. The SMILES string of the molecule is CN=C(NCCOc1ccc(C)cc1)NCc1cnn(-c2ccccc2)c1.I. The number of guanidine groups is 1. The number of ether oxygens (including phenoxy) is 1. The van der Waals surface area contributed by atoms with Crippen LogP contribution in [0.4, 0.5) is 0 Å². The highest BCUT2D eigenvalue weighted by molar-refractivity contribution is 14.0. The van der Waals surface area contributed by atoms with Crippen LogP contribution in [0.15, 0.2) is 72.0 Å². The van der Waals surface area contributed by atoms with Gasteiger partial charge < -0.3 is 15.4 Å². The molecule has 0 atom stereocenters. The van der Waals surface area contributed by atoms with Crippen molar-refractivity contribution in [2.75, 3.05) is 20.2 Å². The summed E-state index contributed by atoms with van der Waals surface area (Å²) in [4.78, 5) is 4.24. The predicted octanol–water partition coefficient (Wildman–Crippen LogP) is 3.54. The van der Waals surface area contributed by atoms with Crippen LogP contribution < -0.4 is 15.4 Å². The summed E-state index contributed by atoms with van der Waals surface area (Å²) in [5, 5.41) is 10.9. The molecule has 28 heavy (non-hydrogen) atoms. The first-order valence-electron chi connectivity index (χ1n) is 8.97. The van der Waals surface area contributed by atoms with Gasteiger partial charge in [0.15, 0.2) is 5.96 Å². The number of aliphatic imine (C=N–C) groups is 1. The van der Waals surface area contributed by atoms with Gasteiger partial charge in [0.2, 0.25) is 0 Å². The second-order valence-corrected chi connectivity index (χ2v) is 6.14. The molecule has 0 amide bonds. The molecule has 2 aromatic carbocycles. The van der Waals surface area contributed by atoms with Crippen LogP contribution in [-0.4, -0.2) is 35.9 Å². The van der Waals surface area contributed by atoms with Crippen LogP contribution in [0, 0.1) is 6.92 Å². The molecular weight excluding hydrogens is 465 g/mol. The first-order valence-corrected chi connectivity index (χ1v) is 8.97. The monoisotopic (exact) mass is 491 g/mol. The quantitative estimate of drug-likeness (QED) is 0.230. The lowest BCUT2D eigenvalue weighted by Gasteiger charge is -2.12. The molecule has 3 aromatic rings. The smallest absolute Gasteiger partial charge is 0.191 e. The summed E-state index contributed by atoms with van der Waals surface area (Å²) in [5.41, 5.74) is 3.35. The largest absolute Gasteiger partial charge is 0.492 e. The van der Waals surface area contributed by atoms with Crippen molar-refractivity contribution in [2.24, 2.45) is 4.99 Å². The highest BCUT2D eigenvalue weighted by Crippen LogP contribution is 2.10. The summed E-state index contributed by atoms with van der Waals surface area (Å²) >= 11 is 0. The van der Waals surface area contributed by atoms with E-state index in [0.717, 1.165) is 23.0 Å². The van der Waals surface area contributed by atoms with Gasteiger partial charge in [-0.1, -0.05) is 35.9 Å². The molecule has 0 bridgehead atoms. The van der Waals surface area contributed by atoms with E-state index in [9.17, 15) is 0 Å². The van der Waals surface area contributed by atoms with Crippen molar-refractivity contribution in [3.8, 4) is 11.4 Å². The van der Waals surface area contributed by atoms with Gasteiger partial charge in [-0.2, -0.15) is 5.10 Å². The Kier molecular flexibility index (Phi) is 8.80. The molecule has 3 rings (SSSR count). The minimum Gasteiger partial charge on any atom is -0.492 e. The minimum atomic E-state index is 0. The zero-order valence-electron chi connectivity index (χ0n) is 16.1. The maximum absolute atomic E-state index is 5.71. The van der Waals surface area contributed by atoms with E-state index in [1.165, 1.54) is 5.56 Å². The number of nitrogens with zero attached hydrogens (tertiary/aromatic N) is 3. The average molecular weight is 491 g/mol. The topological polar surface area (TPSA) is 63.5 Å². The number of hydrogen-bond acceptors (Lipinski definition) is 3. The minimum absolute atomic E-state index is 0. The van der Waals surface area contributed by atoms with E-state index in [4.69, 9.17) is 4.74 Å². The molecule has 0 aliphatic carbocycles. The number of aromatic nitrogens is 2. The molecule has 1 aromatic heterocycles. The van der Waals surface area contributed by atoms with E-state index in [1.807, 2.05) is 71.7 Å². The molecule has 7 heteroatoms. The maximum Gasteiger partial charge on any atom is 0.191 e. The Balaban J connectivity index is 0.00000280. The average Bonchev–Trinajstić information content (AvgIpc) is 3.18. The fraction of sp³-hybridized carbons (Fsp3) is 0.238. The van der Waals surface area contributed by atoms with Crippen molar-refractivity contribution in [2.45, 2.75) is 13.5 Å². The van der Waals surface area contributed by atoms with Crippen LogP contribution in [0.5, 0.6) is 5.75 Å². The first-order chi connectivity index (χ1) is 13.2. The van der Waals surface area contributed by atoms with Gasteiger partial charge >= 0.3 is 0 Å². The fourth-order valence-electron chi connectivity index (χ4n) is 2.55. The van der Waals surface area contributed by atoms with Crippen molar-refractivity contribution in [3.63, 3.8) is 0 Å². The van der Waals surface area contributed by atoms with Crippen LogP contribution >= 0.6 is 24.0 Å². The van der Waals surface area contributed by atoms with Gasteiger partial charge in [-0.3, -0.25) is 4.99 Å². The molecule has 6 nitrogen and oxygen atoms in total. The van der Waals surface area contributed by atoms with Crippen molar-refractivity contribution in [1.29, 1.82) is 0 Å². The second kappa shape index (κ2) is 11.3. The van der Waals surface area contributed by atoms with E-state index >= 15 is 0 Å². The van der Waals surface area contributed by atoms with Crippen LogP contribution in [-0.2, 0) is 6.54 Å². The van der Waals surface area contributed by atoms with Crippen LogP contribution in [0.1, 0.15) is 11.1 Å². The summed E-state index contributed by atoms with van der Waals surface area (Å²) in [5.74, 6) is 1.61. The summed E-state index contributed by atoms with van der Waals surface area (Å²) in [6.07, 6.45) is 3.86. The summed E-state index contributed by atoms with van der Waals surface area (Å²) in [6, 6.07) is 18.1. The first kappa shape index (κ1) is 21.7. The molecule has 1 heterocycles. The Hall–Kier alpha value is -2.55. The molecule has 148 valence electrons. The molecule has 0 spiro atoms. The molecule has 0 radical (unpaired) electrons. The molecule has 0 aliphatic rings. The summed E-state index contributed by atoms with van der Waals surface area (Å²) in [6.45, 7) is 3.93. The summed E-state index contributed by atoms with van der Waals surface area (Å²) in [7, 11) is 1.75. The predicted molar refractivity (Wildman–Crippen MR) is 124 cm³/mol. The third kappa shape index (κ3) is 6.56. The Morgan fingerprint density at radius 2 is 1.82 bits per heavy atom. The highest BCUT2D eigenvalue weighted by Gasteiger charge is 2.03. The van der Waals surface area contributed by atoms with Gasteiger partial charge in [-0.15, -0.1) is 24.0 Å². The summed E-state index contributed by atoms with van der Waals surface area (Å²) < 4.78 is 7.58. The van der Waals surface area contributed by atoms with E-state index in [1.54, 1.807) is 7.05 Å². The van der Waals surface area contributed by atoms with Gasteiger partial charge in [0.1, 0.15) is 12.4 Å². The van der Waals surface area contributed by atoms with Gasteiger partial charge in [-0.05, 0) is 31.2 Å². The Labute approximate surface area is 183 Å². The number of halogens is 1. The van der Waals surface area contributed by atoms with E-state index in [2.05, 4.69) is 27.6 Å². The maximum atomic E-state index is 5.71. The standard InChI is InChI=1S/C21H25N5O.HI/c1-17-8-10-20(11-9-17)27-13-12-23-21(22-2)24-14-18-15-25-26(16-18)19-6-4-3-5-7-19;/h3-11,15-16H,12-14H2,1-2H3,(H2,22,23,24);1H. The van der Waals surface area contributed by atoms with Crippen LogP contribution in [0.2, 0.25) is 0 Å². The van der Waals surface area contributed by atoms with E-state index < -0.39 is 0 Å². The highest BCUT2D eigenvalue weighted by atomic mass is 127. The zero-order valence-corrected chi connectivity index (χ0v) is 18.5. The number of para-hydroxylation sites is 1. The van der Waals surface area contributed by atoms with Crippen molar-refractivity contribution < 1.29 is 4.74 Å². The van der Waals surface area contributed by atoms with Gasteiger partial charge in [0, 0.05) is 25.4 Å². The molecular formula is C21H26IN5O. The number of nitrogens with one attached hydrogen (secondary N) is 2. The van der Waals surface area contributed by atoms with Crippen molar-refractivity contribution >= 4 is 29.9 Å². The van der Waals surface area contributed by atoms with E-state index in [-0.39, 0.29) is 24.0 Å². The lowest BCUT2D eigenvalue weighted by atomic mass is 10.2. The molecule has 0 fully saturated rings. The Morgan fingerprint density at radius 1 is 1.07 bits per heavy atom. The number of rotatable bonds is 7. The molecule has 0 saturated carbocycles. The molecule has 0 unspecified atom stereocenters. The third-order valence-electron chi connectivity index (χ3n) is 4.02. The van der Waals surface area contributed by atoms with Crippen molar-refractivity contribution in [1.82, 2.24) is 20.4 Å². The van der Waals surface area contributed by atoms with Gasteiger partial charge in [0.05, 0.1) is 18.4 Å². The van der Waals surface area contributed by atoms with E-state index in [0.29, 0.717) is 19.7 Å². The molecule has 2 N–H and O–H groups in total. The number of aryl methyl sites for hydroxylation is 1. The van der Waals surface area contributed by atoms with Crippen molar-refractivity contribution in [3.05, 3.63) is 78.1 Å². The Bertz CT molecular complexity index is 862.